The molecule has 1 unspecified atom stereocenters. The van der Waals surface area contributed by atoms with Crippen molar-refractivity contribution in [1.82, 2.24) is 4.98 Å². The van der Waals surface area contributed by atoms with Crippen molar-refractivity contribution < 1.29 is 21.5 Å². The highest BCUT2D eigenvalue weighted by atomic mass is 79.9. The summed E-state index contributed by atoms with van der Waals surface area (Å²) in [5, 5.41) is 0. The minimum atomic E-state index is 0. The number of aromatic nitrogens is 2. The molecule has 19 heavy (non-hydrogen) atoms. The van der Waals surface area contributed by atoms with Crippen LogP contribution in [-0.4, -0.2) is 4.98 Å². The second-order valence-electron chi connectivity index (χ2n) is 4.78. The number of hydrogen-bond acceptors (Lipinski definition) is 0. The lowest BCUT2D eigenvalue weighted by Gasteiger charge is -2.05. The Kier molecular flexibility index (Phi) is 5.38. The van der Waals surface area contributed by atoms with E-state index in [4.69, 9.17) is 0 Å². The van der Waals surface area contributed by atoms with Crippen molar-refractivity contribution in [1.29, 1.82) is 0 Å². The number of H-pyrrole nitrogens is 1. The highest BCUT2D eigenvalue weighted by Crippen LogP contribution is 2.15. The first-order valence-corrected chi connectivity index (χ1v) is 6.21. The van der Waals surface area contributed by atoms with Gasteiger partial charge in [0.25, 0.3) is 0 Å². The van der Waals surface area contributed by atoms with Gasteiger partial charge in [-0.15, -0.1) is 0 Å². The van der Waals surface area contributed by atoms with Gasteiger partial charge in [-0.05, 0) is 44.7 Å². The number of halogens is 1. The quantitative estimate of drug-likeness (QED) is 0.557. The molecular weight excluding hydrogens is 300 g/mol. The molecule has 1 aromatic carbocycles. The minimum Gasteiger partial charge on any atom is -1.00 e. The molecule has 0 amide bonds. The summed E-state index contributed by atoms with van der Waals surface area (Å²) in [6.07, 6.45) is 5.82. The third-order valence-corrected chi connectivity index (χ3v) is 3.10. The van der Waals surface area contributed by atoms with Crippen molar-refractivity contribution in [3.63, 3.8) is 0 Å². The molecule has 0 fully saturated rings. The van der Waals surface area contributed by atoms with E-state index in [-0.39, 0.29) is 23.0 Å². The van der Waals surface area contributed by atoms with Crippen LogP contribution < -0.4 is 21.5 Å². The molecule has 100 valence electrons. The molecule has 0 aliphatic heterocycles. The van der Waals surface area contributed by atoms with E-state index in [0.29, 0.717) is 0 Å². The molecule has 2 rings (SSSR count). The summed E-state index contributed by atoms with van der Waals surface area (Å²) >= 11 is 0. The molecule has 0 saturated heterocycles. The second-order valence-corrected chi connectivity index (χ2v) is 4.78. The van der Waals surface area contributed by atoms with E-state index in [9.17, 15) is 0 Å². The van der Waals surface area contributed by atoms with Crippen LogP contribution in [0.25, 0.3) is 0 Å². The lowest BCUT2D eigenvalue weighted by molar-refractivity contribution is -0.705. The second kappa shape index (κ2) is 6.58. The topological polar surface area (TPSA) is 19.7 Å². The molecule has 2 aromatic rings. The molecule has 1 heterocycles. The number of benzene rings is 1. The van der Waals surface area contributed by atoms with Crippen LogP contribution in [0, 0.1) is 32.6 Å². The maximum atomic E-state index is 3.31. The SMILES string of the molecule is Cc1cc(C)c(C#CC(C)[n+]2cc[nH]c2)c(C)c1.[Br-]. The summed E-state index contributed by atoms with van der Waals surface area (Å²) < 4.78 is 2.06. The zero-order valence-corrected chi connectivity index (χ0v) is 13.4. The van der Waals surface area contributed by atoms with Crippen molar-refractivity contribution in [2.75, 3.05) is 0 Å². The smallest absolute Gasteiger partial charge is 0.242 e. The first-order valence-electron chi connectivity index (χ1n) is 6.21. The average molecular weight is 319 g/mol. The van der Waals surface area contributed by atoms with Gasteiger partial charge < -0.3 is 17.0 Å². The number of rotatable bonds is 1. The van der Waals surface area contributed by atoms with Crippen LogP contribution in [0.2, 0.25) is 0 Å². The van der Waals surface area contributed by atoms with Gasteiger partial charge in [0.05, 0.1) is 0 Å². The van der Waals surface area contributed by atoms with Gasteiger partial charge in [0, 0.05) is 5.56 Å². The average Bonchev–Trinajstić information content (AvgIpc) is 2.80. The molecule has 2 nitrogen and oxygen atoms in total. The van der Waals surface area contributed by atoms with E-state index in [1.807, 2.05) is 18.7 Å². The van der Waals surface area contributed by atoms with Gasteiger partial charge in [-0.3, -0.25) is 4.98 Å². The van der Waals surface area contributed by atoms with Crippen LogP contribution >= 0.6 is 0 Å². The largest absolute Gasteiger partial charge is 1.00 e. The Labute approximate surface area is 125 Å². The predicted octanol–water partition coefficient (Wildman–Crippen LogP) is -0.156. The Morgan fingerprint density at radius 1 is 1.16 bits per heavy atom. The van der Waals surface area contributed by atoms with Crippen molar-refractivity contribution in [3.8, 4) is 11.8 Å². The Morgan fingerprint density at radius 3 is 2.32 bits per heavy atom. The molecule has 0 radical (unpaired) electrons. The molecule has 0 aliphatic rings. The van der Waals surface area contributed by atoms with Gasteiger partial charge in [0.1, 0.15) is 12.4 Å². The monoisotopic (exact) mass is 318 g/mol. The Morgan fingerprint density at radius 2 is 1.79 bits per heavy atom. The number of nitrogens with one attached hydrogen (secondary N) is 1. The summed E-state index contributed by atoms with van der Waals surface area (Å²) in [6.45, 7) is 8.46. The number of aromatic amines is 1. The predicted molar refractivity (Wildman–Crippen MR) is 73.2 cm³/mol. The van der Waals surface area contributed by atoms with E-state index in [1.165, 1.54) is 16.7 Å². The Bertz CT molecular complexity index is 580. The summed E-state index contributed by atoms with van der Waals surface area (Å²) in [7, 11) is 0. The number of hydrogen-bond donors (Lipinski definition) is 1. The fourth-order valence-electron chi connectivity index (χ4n) is 2.17. The van der Waals surface area contributed by atoms with Gasteiger partial charge >= 0.3 is 0 Å². The molecule has 1 N–H and O–H groups in total. The van der Waals surface area contributed by atoms with Gasteiger partial charge in [-0.1, -0.05) is 23.6 Å². The van der Waals surface area contributed by atoms with Gasteiger partial charge in [-0.2, -0.15) is 0 Å². The maximum absolute atomic E-state index is 3.31. The third kappa shape index (κ3) is 3.71. The van der Waals surface area contributed by atoms with E-state index < -0.39 is 0 Å². The van der Waals surface area contributed by atoms with E-state index in [0.717, 1.165) is 5.56 Å². The fourth-order valence-corrected chi connectivity index (χ4v) is 2.17. The summed E-state index contributed by atoms with van der Waals surface area (Å²) in [6, 6.07) is 4.55. The van der Waals surface area contributed by atoms with E-state index >= 15 is 0 Å². The first kappa shape index (κ1) is 15.5. The highest BCUT2D eigenvalue weighted by Gasteiger charge is 2.05. The Balaban J connectivity index is 0.00000180. The number of imidazole rings is 1. The molecule has 0 spiro atoms. The molecule has 0 aliphatic carbocycles. The summed E-state index contributed by atoms with van der Waals surface area (Å²) in [5.41, 5.74) is 4.96. The zero-order chi connectivity index (χ0) is 13.1. The van der Waals surface area contributed by atoms with E-state index in [1.54, 1.807) is 0 Å². The lowest BCUT2D eigenvalue weighted by atomic mass is 10.00. The molecule has 0 bridgehead atoms. The zero-order valence-electron chi connectivity index (χ0n) is 11.8. The first-order chi connectivity index (χ1) is 8.58. The maximum Gasteiger partial charge on any atom is 0.242 e. The van der Waals surface area contributed by atoms with Crippen LogP contribution in [-0.2, 0) is 0 Å². The van der Waals surface area contributed by atoms with Gasteiger partial charge in [0.15, 0.2) is 6.04 Å². The summed E-state index contributed by atoms with van der Waals surface area (Å²) in [5.74, 6) is 6.61. The lowest BCUT2D eigenvalue weighted by Crippen LogP contribution is -3.00. The fraction of sp³-hybridized carbons (Fsp3) is 0.312. The molecular formula is C16H19BrN2. The molecule has 0 saturated carbocycles. The van der Waals surface area contributed by atoms with Crippen LogP contribution in [0.1, 0.15) is 35.2 Å². The Hall–Kier alpha value is -1.53. The van der Waals surface area contributed by atoms with Gasteiger partial charge in [-0.25, -0.2) is 4.57 Å². The van der Waals surface area contributed by atoms with Crippen LogP contribution in [0.3, 0.4) is 0 Å². The minimum absolute atomic E-state index is 0. The van der Waals surface area contributed by atoms with Crippen LogP contribution in [0.4, 0.5) is 0 Å². The molecule has 3 heteroatoms. The van der Waals surface area contributed by atoms with E-state index in [2.05, 4.69) is 61.2 Å². The standard InChI is InChI=1S/C16H18N2.BrH/c1-12-9-13(2)16(14(3)10-12)6-5-15(4)18-8-7-17-11-18;/h7-11,15H,1-4H3;1H. The van der Waals surface area contributed by atoms with Gasteiger partial charge in [0.2, 0.25) is 6.33 Å². The molecule has 1 aromatic heterocycles. The van der Waals surface area contributed by atoms with Crippen molar-refractivity contribution in [3.05, 3.63) is 53.1 Å². The highest BCUT2D eigenvalue weighted by molar-refractivity contribution is 5.48. The van der Waals surface area contributed by atoms with Crippen molar-refractivity contribution in [2.24, 2.45) is 0 Å². The third-order valence-electron chi connectivity index (χ3n) is 3.10. The normalized spacial score (nSPS) is 11.2. The number of nitrogens with zero attached hydrogens (tertiary/aromatic N) is 1. The van der Waals surface area contributed by atoms with Crippen LogP contribution in [0.15, 0.2) is 30.9 Å². The van der Waals surface area contributed by atoms with Crippen LogP contribution in [0.5, 0.6) is 0 Å². The number of aryl methyl sites for hydroxylation is 3. The van der Waals surface area contributed by atoms with Crippen molar-refractivity contribution in [2.45, 2.75) is 33.7 Å². The van der Waals surface area contributed by atoms with Crippen molar-refractivity contribution >= 4 is 0 Å². The molecule has 1 atom stereocenters. The summed E-state index contributed by atoms with van der Waals surface area (Å²) in [4.78, 5) is 3.03.